The van der Waals surface area contributed by atoms with Crippen molar-refractivity contribution < 1.29 is 14.3 Å². The third-order valence-electron chi connectivity index (χ3n) is 2.74. The van der Waals surface area contributed by atoms with Crippen molar-refractivity contribution in [3.63, 3.8) is 0 Å². The van der Waals surface area contributed by atoms with E-state index in [0.717, 1.165) is 10.0 Å². The summed E-state index contributed by atoms with van der Waals surface area (Å²) < 4.78 is 11.0. The maximum atomic E-state index is 12.2. The van der Waals surface area contributed by atoms with Gasteiger partial charge >= 0.3 is 0 Å². The predicted octanol–water partition coefficient (Wildman–Crippen LogP) is 2.68. The van der Waals surface area contributed by atoms with E-state index >= 15 is 0 Å². The monoisotopic (exact) mass is 336 g/mol. The van der Waals surface area contributed by atoms with E-state index in [0.29, 0.717) is 17.3 Å². The van der Waals surface area contributed by atoms with E-state index in [4.69, 9.17) is 9.47 Å². The SMILES string of the molecule is COc1ccc(Br)c(CC(=O)c2cc(OC)ncn2)c1. The molecule has 0 N–H and O–H groups in total. The number of aromatic nitrogens is 2. The van der Waals surface area contributed by atoms with Gasteiger partial charge < -0.3 is 9.47 Å². The van der Waals surface area contributed by atoms with Crippen LogP contribution in [0, 0.1) is 0 Å². The van der Waals surface area contributed by atoms with Crippen LogP contribution in [0.2, 0.25) is 0 Å². The lowest BCUT2D eigenvalue weighted by Crippen LogP contribution is -2.07. The molecular formula is C14H13BrN2O3. The molecule has 2 aromatic rings. The quantitative estimate of drug-likeness (QED) is 0.785. The normalized spacial score (nSPS) is 10.2. The van der Waals surface area contributed by atoms with Crippen LogP contribution in [0.1, 0.15) is 16.1 Å². The van der Waals surface area contributed by atoms with E-state index in [9.17, 15) is 4.79 Å². The summed E-state index contributed by atoms with van der Waals surface area (Å²) in [5, 5.41) is 0. The number of hydrogen-bond acceptors (Lipinski definition) is 5. The third kappa shape index (κ3) is 3.33. The third-order valence-corrected chi connectivity index (χ3v) is 3.51. The van der Waals surface area contributed by atoms with Crippen LogP contribution in [-0.2, 0) is 6.42 Å². The Balaban J connectivity index is 2.22. The van der Waals surface area contributed by atoms with Gasteiger partial charge in [-0.3, -0.25) is 4.79 Å². The van der Waals surface area contributed by atoms with Gasteiger partial charge in [-0.05, 0) is 23.8 Å². The molecule has 0 atom stereocenters. The number of ketones is 1. The molecule has 0 aliphatic carbocycles. The average Bonchev–Trinajstić information content (AvgIpc) is 2.49. The number of hydrogen-bond donors (Lipinski definition) is 0. The lowest BCUT2D eigenvalue weighted by molar-refractivity contribution is 0.0987. The molecule has 0 aliphatic heterocycles. The average molecular weight is 337 g/mol. The minimum Gasteiger partial charge on any atom is -0.497 e. The van der Waals surface area contributed by atoms with Crippen molar-refractivity contribution >= 4 is 21.7 Å². The Hall–Kier alpha value is -1.95. The summed E-state index contributed by atoms with van der Waals surface area (Å²) in [4.78, 5) is 20.1. The van der Waals surface area contributed by atoms with E-state index < -0.39 is 0 Å². The second-order valence-corrected chi connectivity index (χ2v) is 4.86. The molecule has 6 heteroatoms. The van der Waals surface area contributed by atoms with Gasteiger partial charge in [0.25, 0.3) is 0 Å². The Kier molecular flexibility index (Phi) is 4.68. The zero-order valence-corrected chi connectivity index (χ0v) is 12.7. The number of Topliss-reactive ketones (excluding diaryl/α,β-unsaturated/α-hetero) is 1. The minimum absolute atomic E-state index is 0.111. The van der Waals surface area contributed by atoms with Crippen molar-refractivity contribution in [3.8, 4) is 11.6 Å². The van der Waals surface area contributed by atoms with Crippen LogP contribution < -0.4 is 9.47 Å². The first-order chi connectivity index (χ1) is 9.63. The van der Waals surface area contributed by atoms with Gasteiger partial charge in [0, 0.05) is 17.0 Å². The van der Waals surface area contributed by atoms with Gasteiger partial charge in [-0.2, -0.15) is 0 Å². The van der Waals surface area contributed by atoms with Gasteiger partial charge in [-0.25, -0.2) is 9.97 Å². The smallest absolute Gasteiger partial charge is 0.216 e. The van der Waals surface area contributed by atoms with E-state index in [-0.39, 0.29) is 12.2 Å². The van der Waals surface area contributed by atoms with Crippen molar-refractivity contribution in [2.24, 2.45) is 0 Å². The van der Waals surface area contributed by atoms with E-state index in [2.05, 4.69) is 25.9 Å². The minimum atomic E-state index is -0.111. The number of ether oxygens (including phenoxy) is 2. The highest BCUT2D eigenvalue weighted by atomic mass is 79.9. The molecule has 1 aromatic heterocycles. The number of methoxy groups -OCH3 is 2. The summed E-state index contributed by atoms with van der Waals surface area (Å²) in [6.07, 6.45) is 1.53. The second-order valence-electron chi connectivity index (χ2n) is 4.00. The number of carbonyl (C=O) groups is 1. The van der Waals surface area contributed by atoms with E-state index in [1.807, 2.05) is 18.2 Å². The van der Waals surface area contributed by atoms with Gasteiger partial charge in [0.05, 0.1) is 14.2 Å². The first-order valence-corrected chi connectivity index (χ1v) is 6.65. The highest BCUT2D eigenvalue weighted by Gasteiger charge is 2.13. The fraction of sp³-hybridized carbons (Fsp3) is 0.214. The summed E-state index contributed by atoms with van der Waals surface area (Å²) >= 11 is 3.42. The molecule has 1 heterocycles. The molecule has 0 unspecified atom stereocenters. The zero-order valence-electron chi connectivity index (χ0n) is 11.1. The maximum Gasteiger partial charge on any atom is 0.216 e. The lowest BCUT2D eigenvalue weighted by Gasteiger charge is -2.07. The lowest BCUT2D eigenvalue weighted by atomic mass is 10.1. The summed E-state index contributed by atoms with van der Waals surface area (Å²) in [5.41, 5.74) is 1.17. The molecule has 20 heavy (non-hydrogen) atoms. The summed E-state index contributed by atoms with van der Waals surface area (Å²) in [6.45, 7) is 0. The maximum absolute atomic E-state index is 12.2. The molecule has 104 valence electrons. The molecule has 2 rings (SSSR count). The summed E-state index contributed by atoms with van der Waals surface area (Å²) in [6, 6.07) is 7.02. The molecule has 0 saturated carbocycles. The number of rotatable bonds is 5. The zero-order chi connectivity index (χ0) is 14.5. The summed E-state index contributed by atoms with van der Waals surface area (Å²) in [7, 11) is 3.08. The molecule has 5 nitrogen and oxygen atoms in total. The molecule has 0 spiro atoms. The van der Waals surface area contributed by atoms with Gasteiger partial charge in [-0.15, -0.1) is 0 Å². The molecule has 1 aromatic carbocycles. The highest BCUT2D eigenvalue weighted by Crippen LogP contribution is 2.24. The van der Waals surface area contributed by atoms with Crippen LogP contribution in [0.5, 0.6) is 11.6 Å². The van der Waals surface area contributed by atoms with Crippen molar-refractivity contribution in [1.82, 2.24) is 9.97 Å². The predicted molar refractivity (Wildman–Crippen MR) is 77.3 cm³/mol. The van der Waals surface area contributed by atoms with Gasteiger partial charge in [0.1, 0.15) is 17.8 Å². The van der Waals surface area contributed by atoms with Crippen molar-refractivity contribution in [2.75, 3.05) is 14.2 Å². The fourth-order valence-corrected chi connectivity index (χ4v) is 2.07. The molecule has 0 bridgehead atoms. The number of nitrogens with zero attached hydrogens (tertiary/aromatic N) is 2. The molecular weight excluding hydrogens is 324 g/mol. The largest absolute Gasteiger partial charge is 0.497 e. The Labute approximate surface area is 125 Å². The van der Waals surface area contributed by atoms with Crippen molar-refractivity contribution in [1.29, 1.82) is 0 Å². The van der Waals surface area contributed by atoms with Crippen molar-refractivity contribution in [3.05, 3.63) is 46.3 Å². The van der Waals surface area contributed by atoms with Gasteiger partial charge in [0.15, 0.2) is 5.78 Å². The van der Waals surface area contributed by atoms with Crippen LogP contribution in [0.15, 0.2) is 35.1 Å². The number of carbonyl (C=O) groups excluding carboxylic acids is 1. The molecule has 0 aliphatic rings. The van der Waals surface area contributed by atoms with E-state index in [1.165, 1.54) is 19.5 Å². The highest BCUT2D eigenvalue weighted by molar-refractivity contribution is 9.10. The Morgan fingerprint density at radius 3 is 2.70 bits per heavy atom. The fourth-order valence-electron chi connectivity index (χ4n) is 1.68. The topological polar surface area (TPSA) is 61.3 Å². The number of halogens is 1. The Morgan fingerprint density at radius 2 is 2.00 bits per heavy atom. The van der Waals surface area contributed by atoms with Crippen LogP contribution in [0.3, 0.4) is 0 Å². The number of benzene rings is 1. The van der Waals surface area contributed by atoms with Crippen LogP contribution >= 0.6 is 15.9 Å². The van der Waals surface area contributed by atoms with Gasteiger partial charge in [-0.1, -0.05) is 15.9 Å². The molecule has 0 fully saturated rings. The van der Waals surface area contributed by atoms with E-state index in [1.54, 1.807) is 7.11 Å². The van der Waals surface area contributed by atoms with Crippen LogP contribution in [0.4, 0.5) is 0 Å². The van der Waals surface area contributed by atoms with Crippen LogP contribution in [0.25, 0.3) is 0 Å². The Bertz CT molecular complexity index is 632. The molecule has 0 radical (unpaired) electrons. The standard InChI is InChI=1S/C14H13BrN2O3/c1-19-10-3-4-11(15)9(5-10)6-13(18)12-7-14(20-2)17-8-16-12/h3-5,7-8H,6H2,1-2H3. The summed E-state index contributed by atoms with van der Waals surface area (Å²) in [5.74, 6) is 0.962. The molecule has 0 amide bonds. The Morgan fingerprint density at radius 1 is 1.20 bits per heavy atom. The van der Waals surface area contributed by atoms with Gasteiger partial charge in [0.2, 0.25) is 5.88 Å². The van der Waals surface area contributed by atoms with Crippen LogP contribution in [-0.4, -0.2) is 30.0 Å². The second kappa shape index (κ2) is 6.47. The van der Waals surface area contributed by atoms with Crippen molar-refractivity contribution in [2.45, 2.75) is 6.42 Å². The molecule has 0 saturated heterocycles. The first kappa shape index (κ1) is 14.5. The first-order valence-electron chi connectivity index (χ1n) is 5.85.